The van der Waals surface area contributed by atoms with E-state index in [4.69, 9.17) is 5.11 Å². The van der Waals surface area contributed by atoms with E-state index in [0.29, 0.717) is 6.42 Å². The Kier molecular flexibility index (Phi) is 4.13. The molecule has 0 rings (SSSR count). The fourth-order valence-electron chi connectivity index (χ4n) is 0.541. The highest BCUT2D eigenvalue weighted by molar-refractivity contribution is 7.54. The third-order valence-corrected chi connectivity index (χ3v) is 3.35. The van der Waals surface area contributed by atoms with Gasteiger partial charge in [0.05, 0.1) is 0 Å². The van der Waals surface area contributed by atoms with E-state index in [-0.39, 0.29) is 0 Å². The van der Waals surface area contributed by atoms with E-state index in [0.717, 1.165) is 0 Å². The van der Waals surface area contributed by atoms with Crippen molar-refractivity contribution in [1.29, 1.82) is 0 Å². The molecule has 0 bridgehead atoms. The van der Waals surface area contributed by atoms with Crippen LogP contribution in [0.3, 0.4) is 0 Å². The highest BCUT2D eigenvalue weighted by atomic mass is 31.2. The zero-order valence-corrected chi connectivity index (χ0v) is 7.30. The van der Waals surface area contributed by atoms with E-state index in [1.54, 1.807) is 6.92 Å². The molecule has 4 nitrogen and oxygen atoms in total. The Morgan fingerprint density at radius 1 is 1.50 bits per heavy atom. The lowest BCUT2D eigenvalue weighted by atomic mass is 10.5. The van der Waals surface area contributed by atoms with Crippen LogP contribution in [0.2, 0.25) is 0 Å². The first-order valence-corrected chi connectivity index (χ1v) is 4.61. The second-order valence-corrected chi connectivity index (χ2v) is 4.20. The molecule has 0 saturated heterocycles. The summed E-state index contributed by atoms with van der Waals surface area (Å²) < 4.78 is 20.2. The maximum Gasteiger partial charge on any atom is 0.358 e. The van der Waals surface area contributed by atoms with E-state index in [1.807, 2.05) is 0 Å². The molecular weight excluding hydrogens is 155 g/mol. The molecule has 0 radical (unpaired) electrons. The van der Waals surface area contributed by atoms with Gasteiger partial charge in [-0.1, -0.05) is 6.92 Å². The third-order valence-electron chi connectivity index (χ3n) is 1.24. The molecule has 10 heavy (non-hydrogen) atoms. The van der Waals surface area contributed by atoms with Crippen LogP contribution in [0.15, 0.2) is 0 Å². The molecule has 0 saturated carbocycles. The molecule has 1 unspecified atom stereocenters. The maximum atomic E-state index is 11.2. The van der Waals surface area contributed by atoms with E-state index < -0.39 is 13.4 Å². The van der Waals surface area contributed by atoms with Crippen LogP contribution in [0.4, 0.5) is 0 Å². The summed E-state index contributed by atoms with van der Waals surface area (Å²) in [6.45, 7) is 1.70. The van der Waals surface area contributed by atoms with Gasteiger partial charge in [-0.3, -0.25) is 4.57 Å². The van der Waals surface area contributed by atoms with Gasteiger partial charge in [0.15, 0.2) is 5.85 Å². The molecule has 62 valence electrons. The van der Waals surface area contributed by atoms with Gasteiger partial charge in [-0.15, -0.1) is 0 Å². The summed E-state index contributed by atoms with van der Waals surface area (Å²) in [5.74, 6) is -1.01. The fraction of sp³-hybridized carbons (Fsp3) is 1.00. The first kappa shape index (κ1) is 10.1. The Morgan fingerprint density at radius 2 is 1.90 bits per heavy atom. The first-order chi connectivity index (χ1) is 4.60. The summed E-state index contributed by atoms with van der Waals surface area (Å²) in [7, 11) is -0.710. The number of hydrogen-bond donors (Lipinski definition) is 1. The van der Waals surface area contributed by atoms with Gasteiger partial charge in [-0.05, 0) is 6.42 Å². The van der Waals surface area contributed by atoms with Gasteiger partial charge >= 0.3 is 7.60 Å². The van der Waals surface area contributed by atoms with Crippen molar-refractivity contribution in [3.05, 3.63) is 0 Å². The molecule has 0 heterocycles. The van der Waals surface area contributed by atoms with Crippen LogP contribution in [-0.2, 0) is 13.6 Å². The molecule has 0 fully saturated rings. The van der Waals surface area contributed by atoms with Gasteiger partial charge < -0.3 is 14.2 Å². The monoisotopic (exact) mass is 168 g/mol. The molecule has 1 atom stereocenters. The zero-order chi connectivity index (χ0) is 8.20. The van der Waals surface area contributed by atoms with Crippen LogP contribution in [0.5, 0.6) is 0 Å². The second-order valence-electron chi connectivity index (χ2n) is 1.79. The highest BCUT2D eigenvalue weighted by Gasteiger charge is 2.30. The summed E-state index contributed by atoms with van der Waals surface area (Å²) in [5.41, 5.74) is 0. The SMILES string of the molecule is CCC(O)P(=O)(OC)OC. The lowest BCUT2D eigenvalue weighted by Crippen LogP contribution is -2.08. The van der Waals surface area contributed by atoms with Crippen LogP contribution in [0.1, 0.15) is 13.3 Å². The summed E-state index contributed by atoms with van der Waals surface area (Å²) in [4.78, 5) is 0. The van der Waals surface area contributed by atoms with E-state index in [9.17, 15) is 4.57 Å². The van der Waals surface area contributed by atoms with Crippen LogP contribution in [-0.4, -0.2) is 25.2 Å². The Hall–Kier alpha value is 0.110. The molecule has 1 N–H and O–H groups in total. The Morgan fingerprint density at radius 3 is 2.00 bits per heavy atom. The molecule has 0 aliphatic carbocycles. The van der Waals surface area contributed by atoms with Crippen molar-refractivity contribution in [3.8, 4) is 0 Å². The van der Waals surface area contributed by atoms with Gasteiger partial charge in [0, 0.05) is 14.2 Å². The minimum Gasteiger partial charge on any atom is -0.380 e. The van der Waals surface area contributed by atoms with E-state index >= 15 is 0 Å². The molecule has 0 aromatic heterocycles. The zero-order valence-electron chi connectivity index (χ0n) is 6.40. The van der Waals surface area contributed by atoms with Crippen LogP contribution >= 0.6 is 7.60 Å². The quantitative estimate of drug-likeness (QED) is 0.641. The largest absolute Gasteiger partial charge is 0.380 e. The lowest BCUT2D eigenvalue weighted by Gasteiger charge is -2.17. The molecule has 0 aromatic rings. The maximum absolute atomic E-state index is 11.2. The summed E-state index contributed by atoms with van der Waals surface area (Å²) >= 11 is 0. The van der Waals surface area contributed by atoms with Crippen LogP contribution in [0, 0.1) is 0 Å². The van der Waals surface area contributed by atoms with Crippen molar-refractivity contribution >= 4 is 7.60 Å². The van der Waals surface area contributed by atoms with Crippen molar-refractivity contribution < 1.29 is 18.7 Å². The second kappa shape index (κ2) is 4.09. The topological polar surface area (TPSA) is 55.8 Å². The van der Waals surface area contributed by atoms with Gasteiger partial charge in [0.25, 0.3) is 0 Å². The van der Waals surface area contributed by atoms with Gasteiger partial charge in [-0.2, -0.15) is 0 Å². The first-order valence-electron chi connectivity index (χ1n) is 3.00. The standard InChI is InChI=1S/C5H13O4P/c1-4-5(6)10(7,8-2)9-3/h5-6H,4H2,1-3H3. The number of rotatable bonds is 4. The lowest BCUT2D eigenvalue weighted by molar-refractivity contribution is 0.171. The molecule has 0 spiro atoms. The Bertz CT molecular complexity index is 128. The van der Waals surface area contributed by atoms with Gasteiger partial charge in [0.2, 0.25) is 0 Å². The smallest absolute Gasteiger partial charge is 0.358 e. The number of aliphatic hydroxyl groups is 1. The Balaban J connectivity index is 4.18. The molecule has 0 aliphatic rings. The summed E-state index contributed by atoms with van der Waals surface area (Å²) in [6.07, 6.45) is 0.360. The van der Waals surface area contributed by atoms with Crippen molar-refractivity contribution in [2.75, 3.05) is 14.2 Å². The fourth-order valence-corrected chi connectivity index (χ4v) is 1.62. The summed E-state index contributed by atoms with van der Waals surface area (Å²) in [6, 6.07) is 0. The van der Waals surface area contributed by atoms with Gasteiger partial charge in [0.1, 0.15) is 0 Å². The number of aliphatic hydroxyl groups excluding tert-OH is 1. The molecule has 0 aliphatic heterocycles. The summed E-state index contributed by atoms with van der Waals surface area (Å²) in [5, 5.41) is 9.06. The minimum atomic E-state index is -3.22. The van der Waals surface area contributed by atoms with Crippen molar-refractivity contribution in [1.82, 2.24) is 0 Å². The normalized spacial score (nSPS) is 15.2. The van der Waals surface area contributed by atoms with Gasteiger partial charge in [-0.25, -0.2) is 0 Å². The highest BCUT2D eigenvalue weighted by Crippen LogP contribution is 2.51. The third kappa shape index (κ3) is 2.06. The Labute approximate surface area is 60.7 Å². The van der Waals surface area contributed by atoms with Crippen LogP contribution in [0.25, 0.3) is 0 Å². The van der Waals surface area contributed by atoms with Crippen molar-refractivity contribution in [3.63, 3.8) is 0 Å². The molecule has 0 aromatic carbocycles. The predicted octanol–water partition coefficient (Wildman–Crippen LogP) is 1.20. The van der Waals surface area contributed by atoms with Crippen molar-refractivity contribution in [2.24, 2.45) is 0 Å². The van der Waals surface area contributed by atoms with E-state index in [2.05, 4.69) is 9.05 Å². The van der Waals surface area contributed by atoms with Crippen molar-refractivity contribution in [2.45, 2.75) is 19.2 Å². The average molecular weight is 168 g/mol. The number of hydrogen-bond acceptors (Lipinski definition) is 4. The average Bonchev–Trinajstić information content (AvgIpc) is 2.01. The molecule has 5 heteroatoms. The molecular formula is C5H13O4P. The predicted molar refractivity (Wildman–Crippen MR) is 37.9 cm³/mol. The minimum absolute atomic E-state index is 0.360. The molecule has 0 amide bonds. The van der Waals surface area contributed by atoms with E-state index in [1.165, 1.54) is 14.2 Å². The van der Waals surface area contributed by atoms with Crippen LogP contribution < -0.4 is 0 Å².